The molecule has 0 aliphatic carbocycles. The zero-order valence-corrected chi connectivity index (χ0v) is 14.8. The molecule has 0 heterocycles. The highest BCUT2D eigenvalue weighted by Gasteiger charge is 1.98. The standard InChI is InChI=1S/C18H21FN2S2/c1-14-2-4-16(5-3-14)13-23-11-10-20-18(22)21-12-15-6-8-17(19)9-7-15/h2-9H,10-13H2,1H3,(H2,20,21,22). The molecule has 0 atom stereocenters. The maximum Gasteiger partial charge on any atom is 0.166 e. The molecule has 5 heteroatoms. The predicted octanol–water partition coefficient (Wildman–Crippen LogP) is 4.03. The van der Waals surface area contributed by atoms with Crippen LogP contribution in [0.1, 0.15) is 16.7 Å². The van der Waals surface area contributed by atoms with Gasteiger partial charge in [-0.3, -0.25) is 0 Å². The van der Waals surface area contributed by atoms with Gasteiger partial charge in [0.05, 0.1) is 0 Å². The van der Waals surface area contributed by atoms with E-state index in [9.17, 15) is 4.39 Å². The quantitative estimate of drug-likeness (QED) is 0.583. The first kappa shape index (κ1) is 17.8. The van der Waals surface area contributed by atoms with Crippen LogP contribution in [0.5, 0.6) is 0 Å². The van der Waals surface area contributed by atoms with Crippen LogP contribution in [0.2, 0.25) is 0 Å². The highest BCUT2D eigenvalue weighted by molar-refractivity contribution is 7.98. The lowest BCUT2D eigenvalue weighted by Crippen LogP contribution is -2.36. The third kappa shape index (κ3) is 7.01. The van der Waals surface area contributed by atoms with Crippen LogP contribution in [0.4, 0.5) is 4.39 Å². The van der Waals surface area contributed by atoms with Gasteiger partial charge in [-0.1, -0.05) is 42.0 Å². The maximum absolute atomic E-state index is 12.8. The normalized spacial score (nSPS) is 10.3. The molecule has 2 aromatic rings. The van der Waals surface area contributed by atoms with Crippen LogP contribution in [0, 0.1) is 12.7 Å². The number of benzene rings is 2. The van der Waals surface area contributed by atoms with Crippen molar-refractivity contribution in [3.63, 3.8) is 0 Å². The molecule has 0 aliphatic heterocycles. The van der Waals surface area contributed by atoms with E-state index in [1.165, 1.54) is 23.3 Å². The lowest BCUT2D eigenvalue weighted by atomic mass is 10.2. The van der Waals surface area contributed by atoms with Crippen molar-refractivity contribution >= 4 is 29.1 Å². The van der Waals surface area contributed by atoms with Crippen molar-refractivity contribution in [1.82, 2.24) is 10.6 Å². The van der Waals surface area contributed by atoms with E-state index in [-0.39, 0.29) is 5.82 Å². The number of aryl methyl sites for hydroxylation is 1. The minimum Gasteiger partial charge on any atom is -0.362 e. The summed E-state index contributed by atoms with van der Waals surface area (Å²) in [5, 5.41) is 6.94. The van der Waals surface area contributed by atoms with Crippen molar-refractivity contribution in [2.24, 2.45) is 0 Å². The van der Waals surface area contributed by atoms with Crippen molar-refractivity contribution in [2.45, 2.75) is 19.2 Å². The van der Waals surface area contributed by atoms with Crippen molar-refractivity contribution < 1.29 is 4.39 Å². The second-order valence-electron chi connectivity index (χ2n) is 5.27. The summed E-state index contributed by atoms with van der Waals surface area (Å²) in [5.41, 5.74) is 3.64. The summed E-state index contributed by atoms with van der Waals surface area (Å²) in [7, 11) is 0. The molecule has 2 aromatic carbocycles. The third-order valence-corrected chi connectivity index (χ3v) is 4.61. The van der Waals surface area contributed by atoms with E-state index in [1.807, 2.05) is 11.8 Å². The zero-order chi connectivity index (χ0) is 16.5. The van der Waals surface area contributed by atoms with E-state index in [0.29, 0.717) is 11.7 Å². The van der Waals surface area contributed by atoms with Gasteiger partial charge in [-0.2, -0.15) is 11.8 Å². The molecule has 2 rings (SSSR count). The Morgan fingerprint density at radius 1 is 1.00 bits per heavy atom. The van der Waals surface area contributed by atoms with Crippen LogP contribution in [-0.2, 0) is 12.3 Å². The number of halogens is 1. The molecule has 2 N–H and O–H groups in total. The fourth-order valence-corrected chi connectivity index (χ4v) is 2.95. The van der Waals surface area contributed by atoms with Crippen molar-refractivity contribution in [3.8, 4) is 0 Å². The zero-order valence-electron chi connectivity index (χ0n) is 13.1. The first-order valence-electron chi connectivity index (χ1n) is 7.53. The summed E-state index contributed by atoms with van der Waals surface area (Å²) < 4.78 is 12.8. The van der Waals surface area contributed by atoms with Crippen molar-refractivity contribution in [2.75, 3.05) is 12.3 Å². The molecule has 0 radical (unpaired) electrons. The Bertz CT molecular complexity index is 612. The van der Waals surface area contributed by atoms with Gasteiger partial charge in [0.15, 0.2) is 5.11 Å². The van der Waals surface area contributed by atoms with Gasteiger partial charge in [0.1, 0.15) is 5.82 Å². The number of thioether (sulfide) groups is 1. The second-order valence-corrected chi connectivity index (χ2v) is 6.79. The van der Waals surface area contributed by atoms with Gasteiger partial charge >= 0.3 is 0 Å². The van der Waals surface area contributed by atoms with E-state index in [1.54, 1.807) is 12.1 Å². The Morgan fingerprint density at radius 3 is 2.35 bits per heavy atom. The summed E-state index contributed by atoms with van der Waals surface area (Å²) in [6, 6.07) is 15.0. The average molecular weight is 349 g/mol. The lowest BCUT2D eigenvalue weighted by Gasteiger charge is -2.10. The van der Waals surface area contributed by atoms with Crippen LogP contribution < -0.4 is 10.6 Å². The molecule has 122 valence electrons. The summed E-state index contributed by atoms with van der Waals surface area (Å²) in [6.45, 7) is 3.52. The molecule has 0 spiro atoms. The molecule has 0 saturated heterocycles. The monoisotopic (exact) mass is 348 g/mol. The fraction of sp³-hybridized carbons (Fsp3) is 0.278. The number of rotatable bonds is 7. The highest BCUT2D eigenvalue weighted by Crippen LogP contribution is 2.12. The lowest BCUT2D eigenvalue weighted by molar-refractivity contribution is 0.626. The molecule has 23 heavy (non-hydrogen) atoms. The number of hydrogen-bond donors (Lipinski definition) is 2. The summed E-state index contributed by atoms with van der Waals surface area (Å²) >= 11 is 7.11. The maximum atomic E-state index is 12.8. The summed E-state index contributed by atoms with van der Waals surface area (Å²) in [5.74, 6) is 1.78. The molecular formula is C18H21FN2S2. The van der Waals surface area contributed by atoms with Crippen molar-refractivity contribution in [1.29, 1.82) is 0 Å². The fourth-order valence-electron chi connectivity index (χ4n) is 1.96. The van der Waals surface area contributed by atoms with Crippen LogP contribution in [0.15, 0.2) is 48.5 Å². The predicted molar refractivity (Wildman–Crippen MR) is 101 cm³/mol. The van der Waals surface area contributed by atoms with E-state index < -0.39 is 0 Å². The SMILES string of the molecule is Cc1ccc(CSCCNC(=S)NCc2ccc(F)cc2)cc1. The van der Waals surface area contributed by atoms with Crippen LogP contribution in [0.3, 0.4) is 0 Å². The Balaban J connectivity index is 1.56. The second kappa shape index (κ2) is 9.53. The Kier molecular flexibility index (Phi) is 7.36. The highest BCUT2D eigenvalue weighted by atomic mass is 32.2. The van der Waals surface area contributed by atoms with E-state index >= 15 is 0 Å². The first-order chi connectivity index (χ1) is 11.1. The van der Waals surface area contributed by atoms with Crippen LogP contribution in [0.25, 0.3) is 0 Å². The number of hydrogen-bond acceptors (Lipinski definition) is 2. The Morgan fingerprint density at radius 2 is 1.65 bits per heavy atom. The molecule has 0 aromatic heterocycles. The van der Waals surface area contributed by atoms with E-state index in [2.05, 4.69) is 41.8 Å². The van der Waals surface area contributed by atoms with Gasteiger partial charge in [0.25, 0.3) is 0 Å². The molecule has 0 unspecified atom stereocenters. The average Bonchev–Trinajstić information content (AvgIpc) is 2.56. The minimum absolute atomic E-state index is 0.222. The third-order valence-electron chi connectivity index (χ3n) is 3.29. The van der Waals surface area contributed by atoms with Crippen molar-refractivity contribution in [3.05, 3.63) is 71.0 Å². The first-order valence-corrected chi connectivity index (χ1v) is 9.09. The van der Waals surface area contributed by atoms with Crippen LogP contribution in [-0.4, -0.2) is 17.4 Å². The van der Waals surface area contributed by atoms with Gasteiger partial charge in [-0.05, 0) is 42.4 Å². The molecule has 0 amide bonds. The van der Waals surface area contributed by atoms with Gasteiger partial charge in [-0.25, -0.2) is 4.39 Å². The molecular weight excluding hydrogens is 327 g/mol. The summed E-state index contributed by atoms with van der Waals surface area (Å²) in [6.07, 6.45) is 0. The Labute approximate surface area is 146 Å². The smallest absolute Gasteiger partial charge is 0.166 e. The molecule has 2 nitrogen and oxygen atoms in total. The molecule has 0 saturated carbocycles. The van der Waals surface area contributed by atoms with Gasteiger partial charge < -0.3 is 10.6 Å². The largest absolute Gasteiger partial charge is 0.362 e. The number of thiocarbonyl (C=S) groups is 1. The van der Waals surface area contributed by atoms with Gasteiger partial charge in [0, 0.05) is 24.6 Å². The van der Waals surface area contributed by atoms with Gasteiger partial charge in [-0.15, -0.1) is 0 Å². The van der Waals surface area contributed by atoms with E-state index in [0.717, 1.165) is 23.6 Å². The Hall–Kier alpha value is -1.59. The van der Waals surface area contributed by atoms with E-state index in [4.69, 9.17) is 12.2 Å². The minimum atomic E-state index is -0.222. The molecule has 0 bridgehead atoms. The van der Waals surface area contributed by atoms with Gasteiger partial charge in [0.2, 0.25) is 0 Å². The molecule has 0 fully saturated rings. The summed E-state index contributed by atoms with van der Waals surface area (Å²) in [4.78, 5) is 0. The molecule has 0 aliphatic rings. The topological polar surface area (TPSA) is 24.1 Å². The van der Waals surface area contributed by atoms with Crippen LogP contribution >= 0.6 is 24.0 Å². The number of nitrogens with one attached hydrogen (secondary N) is 2.